The van der Waals surface area contributed by atoms with Crippen LogP contribution >= 0.6 is 0 Å². The summed E-state index contributed by atoms with van der Waals surface area (Å²) in [4.78, 5) is 2.58. The number of nitrogens with two attached hydrogens (primary N) is 1. The quantitative estimate of drug-likeness (QED) is 0.776. The fourth-order valence-corrected chi connectivity index (χ4v) is 2.71. The highest BCUT2D eigenvalue weighted by atomic mass is 15.2. The Bertz CT molecular complexity index is 179. The average Bonchev–Trinajstić information content (AvgIpc) is 2.08. The SMILES string of the molecule is CC(C)CC(N)CN1CCC(C)CC1C. The van der Waals surface area contributed by atoms with E-state index in [-0.39, 0.29) is 0 Å². The van der Waals surface area contributed by atoms with Crippen molar-refractivity contribution in [3.8, 4) is 0 Å². The van der Waals surface area contributed by atoms with Gasteiger partial charge in [-0.15, -0.1) is 0 Å². The number of hydrogen-bond donors (Lipinski definition) is 1. The van der Waals surface area contributed by atoms with E-state index in [1.54, 1.807) is 0 Å². The fraction of sp³-hybridized carbons (Fsp3) is 1.00. The van der Waals surface area contributed by atoms with Crippen LogP contribution in [0.2, 0.25) is 0 Å². The maximum atomic E-state index is 6.16. The molecule has 2 N–H and O–H groups in total. The van der Waals surface area contributed by atoms with Crippen LogP contribution in [0.5, 0.6) is 0 Å². The summed E-state index contributed by atoms with van der Waals surface area (Å²) < 4.78 is 0. The molecular formula is C13H28N2. The first-order valence-electron chi connectivity index (χ1n) is 6.48. The summed E-state index contributed by atoms with van der Waals surface area (Å²) >= 11 is 0. The van der Waals surface area contributed by atoms with Crippen LogP contribution in [0.4, 0.5) is 0 Å². The lowest BCUT2D eigenvalue weighted by molar-refractivity contribution is 0.119. The minimum absolute atomic E-state index is 0.362. The van der Waals surface area contributed by atoms with Gasteiger partial charge in [0.25, 0.3) is 0 Å². The maximum absolute atomic E-state index is 6.16. The summed E-state index contributed by atoms with van der Waals surface area (Å²) in [5.41, 5.74) is 6.16. The van der Waals surface area contributed by atoms with E-state index in [9.17, 15) is 0 Å². The molecule has 0 aromatic carbocycles. The molecule has 0 aliphatic carbocycles. The van der Waals surface area contributed by atoms with Crippen LogP contribution in [0.1, 0.15) is 47.0 Å². The van der Waals surface area contributed by atoms with Gasteiger partial charge in [-0.05, 0) is 44.6 Å². The van der Waals surface area contributed by atoms with Gasteiger partial charge in [-0.2, -0.15) is 0 Å². The zero-order valence-corrected chi connectivity index (χ0v) is 10.9. The number of nitrogens with zero attached hydrogens (tertiary/aromatic N) is 1. The van der Waals surface area contributed by atoms with Gasteiger partial charge >= 0.3 is 0 Å². The van der Waals surface area contributed by atoms with Crippen molar-refractivity contribution in [2.24, 2.45) is 17.6 Å². The normalized spacial score (nSPS) is 30.8. The topological polar surface area (TPSA) is 29.3 Å². The summed E-state index contributed by atoms with van der Waals surface area (Å²) in [5, 5.41) is 0. The molecule has 1 fully saturated rings. The van der Waals surface area contributed by atoms with Crippen molar-refractivity contribution in [3.63, 3.8) is 0 Å². The third-order valence-corrected chi connectivity index (χ3v) is 3.52. The highest BCUT2D eigenvalue weighted by molar-refractivity contribution is 4.80. The first-order valence-corrected chi connectivity index (χ1v) is 6.48. The van der Waals surface area contributed by atoms with Gasteiger partial charge < -0.3 is 5.73 Å². The van der Waals surface area contributed by atoms with Crippen molar-refractivity contribution in [3.05, 3.63) is 0 Å². The van der Waals surface area contributed by atoms with E-state index in [4.69, 9.17) is 5.73 Å². The summed E-state index contributed by atoms with van der Waals surface area (Å²) in [6.07, 6.45) is 3.84. The molecule has 0 amide bonds. The van der Waals surface area contributed by atoms with Crippen molar-refractivity contribution in [2.45, 2.75) is 59.0 Å². The molecule has 0 spiro atoms. The molecule has 1 heterocycles. The first-order chi connectivity index (χ1) is 6.99. The second kappa shape index (κ2) is 5.86. The van der Waals surface area contributed by atoms with Gasteiger partial charge in [-0.1, -0.05) is 20.8 Å². The van der Waals surface area contributed by atoms with Gasteiger partial charge in [0.2, 0.25) is 0 Å². The minimum atomic E-state index is 0.362. The molecular weight excluding hydrogens is 184 g/mol. The third-order valence-electron chi connectivity index (χ3n) is 3.52. The van der Waals surface area contributed by atoms with E-state index in [0.717, 1.165) is 30.8 Å². The molecule has 90 valence electrons. The molecule has 0 radical (unpaired) electrons. The van der Waals surface area contributed by atoms with Crippen LogP contribution in [-0.2, 0) is 0 Å². The molecule has 1 aliphatic heterocycles. The Morgan fingerprint density at radius 1 is 1.33 bits per heavy atom. The Morgan fingerprint density at radius 2 is 2.00 bits per heavy atom. The van der Waals surface area contributed by atoms with Crippen LogP contribution < -0.4 is 5.73 Å². The molecule has 1 saturated heterocycles. The zero-order valence-electron chi connectivity index (χ0n) is 10.9. The first kappa shape index (κ1) is 13.0. The molecule has 3 unspecified atom stereocenters. The molecule has 0 bridgehead atoms. The second-order valence-electron chi connectivity index (χ2n) is 5.86. The van der Waals surface area contributed by atoms with E-state index in [1.165, 1.54) is 19.4 Å². The van der Waals surface area contributed by atoms with Crippen LogP contribution in [0.25, 0.3) is 0 Å². The largest absolute Gasteiger partial charge is 0.327 e. The Kier molecular flexibility index (Phi) is 5.07. The van der Waals surface area contributed by atoms with E-state index < -0.39 is 0 Å². The van der Waals surface area contributed by atoms with Crippen LogP contribution in [-0.4, -0.2) is 30.1 Å². The van der Waals surface area contributed by atoms with Crippen LogP contribution in [0.15, 0.2) is 0 Å². The Morgan fingerprint density at radius 3 is 2.53 bits per heavy atom. The molecule has 2 nitrogen and oxygen atoms in total. The van der Waals surface area contributed by atoms with Gasteiger partial charge in [-0.25, -0.2) is 0 Å². The number of hydrogen-bond acceptors (Lipinski definition) is 2. The molecule has 0 aromatic heterocycles. The summed E-state index contributed by atoms with van der Waals surface area (Å²) in [6, 6.07) is 1.09. The van der Waals surface area contributed by atoms with Crippen molar-refractivity contribution >= 4 is 0 Å². The van der Waals surface area contributed by atoms with Gasteiger partial charge in [0.15, 0.2) is 0 Å². The molecule has 15 heavy (non-hydrogen) atoms. The van der Waals surface area contributed by atoms with Gasteiger partial charge in [0.05, 0.1) is 0 Å². The molecule has 0 saturated carbocycles. The lowest BCUT2D eigenvalue weighted by Gasteiger charge is -2.38. The number of piperidine rings is 1. The smallest absolute Gasteiger partial charge is 0.0170 e. The van der Waals surface area contributed by atoms with E-state index >= 15 is 0 Å². The second-order valence-corrected chi connectivity index (χ2v) is 5.86. The highest BCUT2D eigenvalue weighted by Crippen LogP contribution is 2.22. The van der Waals surface area contributed by atoms with E-state index in [2.05, 4.69) is 32.6 Å². The monoisotopic (exact) mass is 212 g/mol. The number of likely N-dealkylation sites (tertiary alicyclic amines) is 1. The molecule has 1 rings (SSSR count). The standard InChI is InChI=1S/C13H28N2/c1-10(2)7-13(14)9-15-6-5-11(3)8-12(15)4/h10-13H,5-9,14H2,1-4H3. The van der Waals surface area contributed by atoms with Crippen molar-refractivity contribution in [1.29, 1.82) is 0 Å². The summed E-state index contributed by atoms with van der Waals surface area (Å²) in [7, 11) is 0. The predicted molar refractivity (Wildman–Crippen MR) is 66.9 cm³/mol. The van der Waals surface area contributed by atoms with Gasteiger partial charge in [0, 0.05) is 18.6 Å². The Hall–Kier alpha value is -0.0800. The minimum Gasteiger partial charge on any atom is -0.327 e. The number of rotatable bonds is 4. The molecule has 3 atom stereocenters. The summed E-state index contributed by atoms with van der Waals surface area (Å²) in [6.45, 7) is 11.5. The predicted octanol–water partition coefficient (Wildman–Crippen LogP) is 2.48. The van der Waals surface area contributed by atoms with Crippen molar-refractivity contribution in [1.82, 2.24) is 4.90 Å². The molecule has 2 heteroatoms. The maximum Gasteiger partial charge on any atom is 0.0170 e. The Balaban J connectivity index is 2.31. The van der Waals surface area contributed by atoms with Gasteiger partial charge in [0.1, 0.15) is 0 Å². The van der Waals surface area contributed by atoms with Gasteiger partial charge in [-0.3, -0.25) is 4.90 Å². The zero-order chi connectivity index (χ0) is 11.4. The Labute approximate surface area is 95.2 Å². The van der Waals surface area contributed by atoms with Crippen LogP contribution in [0.3, 0.4) is 0 Å². The van der Waals surface area contributed by atoms with Crippen molar-refractivity contribution in [2.75, 3.05) is 13.1 Å². The third kappa shape index (κ3) is 4.52. The van der Waals surface area contributed by atoms with E-state index in [1.807, 2.05) is 0 Å². The van der Waals surface area contributed by atoms with Crippen molar-refractivity contribution < 1.29 is 0 Å². The van der Waals surface area contributed by atoms with E-state index in [0.29, 0.717) is 6.04 Å². The highest BCUT2D eigenvalue weighted by Gasteiger charge is 2.24. The van der Waals surface area contributed by atoms with Crippen LogP contribution in [0, 0.1) is 11.8 Å². The summed E-state index contributed by atoms with van der Waals surface area (Å²) in [5.74, 6) is 1.62. The average molecular weight is 212 g/mol. The fourth-order valence-electron chi connectivity index (χ4n) is 2.71. The lowest BCUT2D eigenvalue weighted by atomic mass is 9.92. The molecule has 0 aromatic rings. The molecule has 1 aliphatic rings. The lowest BCUT2D eigenvalue weighted by Crippen LogP contribution is -2.46.